The van der Waals surface area contributed by atoms with Gasteiger partial charge in [-0.1, -0.05) is 41.6 Å². The Balaban J connectivity index is 1.84. The van der Waals surface area contributed by atoms with Gasteiger partial charge in [0, 0.05) is 31.7 Å². The Morgan fingerprint density at radius 2 is 2.05 bits per heavy atom. The zero-order valence-corrected chi connectivity index (χ0v) is 12.2. The molecule has 0 spiro atoms. The minimum Gasteiger partial charge on any atom is -0.341 e. The second-order valence-electron chi connectivity index (χ2n) is 5.01. The van der Waals surface area contributed by atoms with Crippen molar-refractivity contribution in [3.05, 3.63) is 35.4 Å². The van der Waals surface area contributed by atoms with Crippen LogP contribution in [0.5, 0.6) is 0 Å². The zero-order chi connectivity index (χ0) is 13.8. The number of thioether (sulfide) groups is 1. The van der Waals surface area contributed by atoms with Crippen molar-refractivity contribution in [2.75, 3.05) is 13.1 Å². The topological polar surface area (TPSA) is 37.4 Å². The number of rotatable bonds is 4. The first-order valence-corrected chi connectivity index (χ1v) is 7.43. The molecule has 4 heteroatoms. The molecule has 1 saturated heterocycles. The summed E-state index contributed by atoms with van der Waals surface area (Å²) in [5, 5.41) is 0.237. The molecule has 102 valence electrons. The van der Waals surface area contributed by atoms with Gasteiger partial charge in [-0.05, 0) is 18.9 Å². The van der Waals surface area contributed by atoms with Gasteiger partial charge in [0.15, 0.2) is 5.12 Å². The van der Waals surface area contributed by atoms with Crippen molar-refractivity contribution in [1.29, 1.82) is 0 Å². The molecular formula is C15H19NO2S. The minimum absolute atomic E-state index is 0.0955. The molecule has 1 heterocycles. The van der Waals surface area contributed by atoms with Gasteiger partial charge in [0.1, 0.15) is 0 Å². The van der Waals surface area contributed by atoms with E-state index in [1.54, 1.807) is 6.92 Å². The van der Waals surface area contributed by atoms with Gasteiger partial charge in [0.05, 0.1) is 0 Å². The summed E-state index contributed by atoms with van der Waals surface area (Å²) in [5.74, 6) is 0.172. The fourth-order valence-electron chi connectivity index (χ4n) is 2.28. The highest BCUT2D eigenvalue weighted by atomic mass is 32.2. The molecule has 0 radical (unpaired) electrons. The summed E-state index contributed by atoms with van der Waals surface area (Å²) in [6, 6.07) is 8.40. The first kappa shape index (κ1) is 14.1. The van der Waals surface area contributed by atoms with Crippen LogP contribution in [0.15, 0.2) is 24.3 Å². The highest BCUT2D eigenvalue weighted by Crippen LogP contribution is 2.24. The van der Waals surface area contributed by atoms with Crippen molar-refractivity contribution in [1.82, 2.24) is 4.90 Å². The van der Waals surface area contributed by atoms with Crippen LogP contribution in [-0.2, 0) is 16.0 Å². The first-order chi connectivity index (χ1) is 9.04. The van der Waals surface area contributed by atoms with E-state index in [4.69, 9.17) is 0 Å². The molecule has 0 aliphatic carbocycles. The molecule has 1 aliphatic heterocycles. The lowest BCUT2D eigenvalue weighted by molar-refractivity contribution is -0.127. The van der Waals surface area contributed by atoms with E-state index < -0.39 is 0 Å². The molecule has 19 heavy (non-hydrogen) atoms. The van der Waals surface area contributed by atoms with Gasteiger partial charge in [0.2, 0.25) is 5.91 Å². The monoisotopic (exact) mass is 277 g/mol. The lowest BCUT2D eigenvalue weighted by Crippen LogP contribution is -2.27. The number of amides is 1. The molecule has 1 unspecified atom stereocenters. The van der Waals surface area contributed by atoms with E-state index in [0.717, 1.165) is 13.0 Å². The number of nitrogens with zero attached hydrogens (tertiary/aromatic N) is 1. The lowest BCUT2D eigenvalue weighted by atomic mass is 10.1. The summed E-state index contributed by atoms with van der Waals surface area (Å²) < 4.78 is 0. The Bertz CT molecular complexity index is 470. The average Bonchev–Trinajstić information content (AvgIpc) is 2.68. The van der Waals surface area contributed by atoms with Crippen molar-refractivity contribution >= 4 is 22.8 Å². The van der Waals surface area contributed by atoms with Crippen LogP contribution in [-0.4, -0.2) is 34.3 Å². The predicted octanol–water partition coefficient (Wildman–Crippen LogP) is 2.42. The maximum absolute atomic E-state index is 11.8. The Morgan fingerprint density at radius 3 is 2.68 bits per heavy atom. The number of likely N-dealkylation sites (tertiary alicyclic amines) is 1. The van der Waals surface area contributed by atoms with Gasteiger partial charge in [-0.3, -0.25) is 9.59 Å². The van der Waals surface area contributed by atoms with E-state index in [0.29, 0.717) is 13.0 Å². The number of carbonyl (C=O) groups excluding carboxylic acids is 2. The summed E-state index contributed by atoms with van der Waals surface area (Å²) >= 11 is 1.29. The van der Waals surface area contributed by atoms with Crippen LogP contribution in [0.4, 0.5) is 0 Å². The quantitative estimate of drug-likeness (QED) is 0.848. The van der Waals surface area contributed by atoms with Crippen LogP contribution in [0.2, 0.25) is 0 Å². The Labute approximate surface area is 118 Å². The maximum Gasteiger partial charge on any atom is 0.223 e. The summed E-state index contributed by atoms with van der Waals surface area (Å²) in [5.41, 5.74) is 2.50. The van der Waals surface area contributed by atoms with E-state index in [1.807, 2.05) is 4.90 Å². The Morgan fingerprint density at radius 1 is 1.37 bits per heavy atom. The molecule has 1 atom stereocenters. The van der Waals surface area contributed by atoms with E-state index in [1.165, 1.54) is 22.9 Å². The Hall–Kier alpha value is -1.29. The SMILES string of the molecule is CC(=O)SC1CC(=O)N(CCc2ccc(C)cc2)C1. The van der Waals surface area contributed by atoms with Gasteiger partial charge in [-0.15, -0.1) is 0 Å². The van der Waals surface area contributed by atoms with Crippen LogP contribution in [0.25, 0.3) is 0 Å². The molecule has 3 nitrogen and oxygen atoms in total. The number of aryl methyl sites for hydroxylation is 1. The van der Waals surface area contributed by atoms with Crippen LogP contribution in [0, 0.1) is 6.92 Å². The average molecular weight is 277 g/mol. The second-order valence-corrected chi connectivity index (χ2v) is 6.49. The molecular weight excluding hydrogens is 258 g/mol. The predicted molar refractivity (Wildman–Crippen MR) is 78.1 cm³/mol. The van der Waals surface area contributed by atoms with Crippen LogP contribution >= 0.6 is 11.8 Å². The standard InChI is InChI=1S/C15H19NO2S/c1-11-3-5-13(6-4-11)7-8-16-10-14(9-15(16)18)19-12(2)17/h3-6,14H,7-10H2,1-2H3. The summed E-state index contributed by atoms with van der Waals surface area (Å²) in [4.78, 5) is 24.8. The number of hydrogen-bond acceptors (Lipinski definition) is 3. The number of hydrogen-bond donors (Lipinski definition) is 0. The fraction of sp³-hybridized carbons (Fsp3) is 0.467. The normalized spacial score (nSPS) is 18.9. The second kappa shape index (κ2) is 6.24. The van der Waals surface area contributed by atoms with Crippen LogP contribution < -0.4 is 0 Å². The molecule has 1 aromatic carbocycles. The third-order valence-electron chi connectivity index (χ3n) is 3.30. The summed E-state index contributed by atoms with van der Waals surface area (Å²) in [6.45, 7) is 5.08. The van der Waals surface area contributed by atoms with Crippen LogP contribution in [0.3, 0.4) is 0 Å². The molecule has 0 saturated carbocycles. The van der Waals surface area contributed by atoms with Gasteiger partial charge in [-0.25, -0.2) is 0 Å². The smallest absolute Gasteiger partial charge is 0.223 e. The van der Waals surface area contributed by atoms with Gasteiger partial charge in [-0.2, -0.15) is 0 Å². The minimum atomic E-state index is 0.0955. The molecule has 1 amide bonds. The summed E-state index contributed by atoms with van der Waals surface area (Å²) in [7, 11) is 0. The van der Waals surface area contributed by atoms with E-state index in [9.17, 15) is 9.59 Å². The third kappa shape index (κ3) is 4.10. The molecule has 1 fully saturated rings. The molecule has 0 N–H and O–H groups in total. The molecule has 1 aliphatic rings. The van der Waals surface area contributed by atoms with Gasteiger partial charge in [0.25, 0.3) is 0 Å². The van der Waals surface area contributed by atoms with Crippen molar-refractivity contribution in [3.8, 4) is 0 Å². The Kier molecular flexibility index (Phi) is 4.64. The molecule has 0 aromatic heterocycles. The van der Waals surface area contributed by atoms with E-state index >= 15 is 0 Å². The van der Waals surface area contributed by atoms with Crippen molar-refractivity contribution in [2.45, 2.75) is 31.9 Å². The van der Waals surface area contributed by atoms with Crippen molar-refractivity contribution < 1.29 is 9.59 Å². The lowest BCUT2D eigenvalue weighted by Gasteiger charge is -2.16. The highest BCUT2D eigenvalue weighted by molar-refractivity contribution is 8.14. The van der Waals surface area contributed by atoms with E-state index in [-0.39, 0.29) is 16.3 Å². The highest BCUT2D eigenvalue weighted by Gasteiger charge is 2.30. The van der Waals surface area contributed by atoms with E-state index in [2.05, 4.69) is 31.2 Å². The van der Waals surface area contributed by atoms with Gasteiger partial charge >= 0.3 is 0 Å². The maximum atomic E-state index is 11.8. The first-order valence-electron chi connectivity index (χ1n) is 6.55. The largest absolute Gasteiger partial charge is 0.341 e. The summed E-state index contributed by atoms with van der Waals surface area (Å²) in [6.07, 6.45) is 1.38. The number of carbonyl (C=O) groups is 2. The molecule has 1 aromatic rings. The fourth-order valence-corrected chi connectivity index (χ4v) is 3.23. The van der Waals surface area contributed by atoms with Crippen LogP contribution in [0.1, 0.15) is 24.5 Å². The van der Waals surface area contributed by atoms with Crippen molar-refractivity contribution in [2.24, 2.45) is 0 Å². The third-order valence-corrected chi connectivity index (χ3v) is 4.28. The van der Waals surface area contributed by atoms with Crippen molar-refractivity contribution in [3.63, 3.8) is 0 Å². The van der Waals surface area contributed by atoms with Gasteiger partial charge < -0.3 is 4.90 Å². The molecule has 2 rings (SSSR count). The molecule has 0 bridgehead atoms. The number of benzene rings is 1. The zero-order valence-electron chi connectivity index (χ0n) is 11.4.